The SMILES string of the molecule is CC(C)C1CCN(CC2CCN(N=O)CC2)CC1. The number of piperidine rings is 2. The number of nitroso groups, excluding NO2 is 1. The van der Waals surface area contributed by atoms with Gasteiger partial charge in [0.2, 0.25) is 0 Å². The van der Waals surface area contributed by atoms with Crippen LogP contribution in [0.2, 0.25) is 0 Å². The second-order valence-electron chi connectivity index (χ2n) is 6.36. The van der Waals surface area contributed by atoms with E-state index in [4.69, 9.17) is 0 Å². The lowest BCUT2D eigenvalue weighted by atomic mass is 9.86. The van der Waals surface area contributed by atoms with Crippen LogP contribution < -0.4 is 0 Å². The van der Waals surface area contributed by atoms with Crippen LogP contribution in [0.5, 0.6) is 0 Å². The second kappa shape index (κ2) is 6.50. The van der Waals surface area contributed by atoms with Crippen molar-refractivity contribution in [1.82, 2.24) is 9.91 Å². The molecular formula is C14H27N3O. The summed E-state index contributed by atoms with van der Waals surface area (Å²) in [7, 11) is 0. The van der Waals surface area contributed by atoms with E-state index < -0.39 is 0 Å². The average molecular weight is 253 g/mol. The molecule has 2 fully saturated rings. The summed E-state index contributed by atoms with van der Waals surface area (Å²) in [5, 5.41) is 4.70. The molecule has 0 unspecified atom stereocenters. The molecule has 0 atom stereocenters. The highest BCUT2D eigenvalue weighted by Gasteiger charge is 2.25. The van der Waals surface area contributed by atoms with Crippen molar-refractivity contribution in [2.45, 2.75) is 39.5 Å². The van der Waals surface area contributed by atoms with Crippen molar-refractivity contribution >= 4 is 0 Å². The molecule has 0 saturated carbocycles. The van der Waals surface area contributed by atoms with E-state index in [0.717, 1.165) is 43.7 Å². The van der Waals surface area contributed by atoms with Crippen LogP contribution in [0.15, 0.2) is 5.29 Å². The van der Waals surface area contributed by atoms with Crippen LogP contribution in [-0.2, 0) is 0 Å². The quantitative estimate of drug-likeness (QED) is 0.723. The second-order valence-corrected chi connectivity index (χ2v) is 6.36. The minimum absolute atomic E-state index is 0.776. The van der Waals surface area contributed by atoms with Gasteiger partial charge in [-0.1, -0.05) is 13.8 Å². The molecular weight excluding hydrogens is 226 g/mol. The molecule has 0 aliphatic carbocycles. The fraction of sp³-hybridized carbons (Fsp3) is 1.00. The lowest BCUT2D eigenvalue weighted by molar-refractivity contribution is 0.108. The fourth-order valence-corrected chi connectivity index (χ4v) is 3.35. The lowest BCUT2D eigenvalue weighted by Gasteiger charge is -2.37. The molecule has 2 heterocycles. The molecule has 4 nitrogen and oxygen atoms in total. The van der Waals surface area contributed by atoms with Gasteiger partial charge >= 0.3 is 0 Å². The molecule has 0 radical (unpaired) electrons. The van der Waals surface area contributed by atoms with Crippen LogP contribution in [0.3, 0.4) is 0 Å². The van der Waals surface area contributed by atoms with Gasteiger partial charge in [-0.05, 0) is 56.5 Å². The van der Waals surface area contributed by atoms with Gasteiger partial charge in [-0.2, -0.15) is 0 Å². The van der Waals surface area contributed by atoms with Crippen LogP contribution in [0, 0.1) is 22.7 Å². The Kier molecular flexibility index (Phi) is 4.98. The Balaban J connectivity index is 1.67. The summed E-state index contributed by atoms with van der Waals surface area (Å²) < 4.78 is 0. The molecule has 0 spiro atoms. The minimum Gasteiger partial charge on any atom is -0.303 e. The fourth-order valence-electron chi connectivity index (χ4n) is 3.35. The number of hydrogen-bond donors (Lipinski definition) is 0. The van der Waals surface area contributed by atoms with Crippen molar-refractivity contribution in [2.24, 2.45) is 23.0 Å². The van der Waals surface area contributed by atoms with Gasteiger partial charge < -0.3 is 4.90 Å². The first kappa shape index (κ1) is 13.8. The van der Waals surface area contributed by atoms with Crippen molar-refractivity contribution < 1.29 is 0 Å². The van der Waals surface area contributed by atoms with Gasteiger partial charge in [0, 0.05) is 19.6 Å². The first-order valence-electron chi connectivity index (χ1n) is 7.49. The molecule has 4 heteroatoms. The molecule has 0 aromatic rings. The summed E-state index contributed by atoms with van der Waals surface area (Å²) in [5.74, 6) is 2.55. The van der Waals surface area contributed by atoms with Gasteiger partial charge in [-0.15, -0.1) is 4.91 Å². The molecule has 2 aliphatic heterocycles. The Bertz CT molecular complexity index is 254. The van der Waals surface area contributed by atoms with Crippen LogP contribution >= 0.6 is 0 Å². The normalized spacial score (nSPS) is 24.7. The number of hydrogen-bond acceptors (Lipinski definition) is 3. The third-order valence-corrected chi connectivity index (χ3v) is 4.80. The number of rotatable bonds is 4. The zero-order valence-electron chi connectivity index (χ0n) is 11.8. The zero-order valence-corrected chi connectivity index (χ0v) is 11.8. The maximum absolute atomic E-state index is 10.4. The Labute approximate surface area is 111 Å². The predicted molar refractivity (Wildman–Crippen MR) is 74.1 cm³/mol. The average Bonchev–Trinajstić information content (AvgIpc) is 2.40. The summed E-state index contributed by atoms with van der Waals surface area (Å²) in [6, 6.07) is 0. The molecule has 2 rings (SSSR count). The number of likely N-dealkylation sites (tertiary alicyclic amines) is 1. The van der Waals surface area contributed by atoms with E-state index in [1.807, 2.05) is 0 Å². The highest BCUT2D eigenvalue weighted by atomic mass is 16.3. The third-order valence-electron chi connectivity index (χ3n) is 4.80. The molecule has 0 amide bonds. The van der Waals surface area contributed by atoms with E-state index in [1.54, 1.807) is 5.01 Å². The van der Waals surface area contributed by atoms with E-state index in [2.05, 4.69) is 24.0 Å². The van der Waals surface area contributed by atoms with E-state index in [1.165, 1.54) is 32.5 Å². The van der Waals surface area contributed by atoms with Gasteiger partial charge in [0.1, 0.15) is 0 Å². The summed E-state index contributed by atoms with van der Waals surface area (Å²) in [6.07, 6.45) is 5.00. The third kappa shape index (κ3) is 3.67. The van der Waals surface area contributed by atoms with Gasteiger partial charge in [-0.3, -0.25) is 5.01 Å². The van der Waals surface area contributed by atoms with Crippen molar-refractivity contribution in [3.8, 4) is 0 Å². The Morgan fingerprint density at radius 2 is 1.67 bits per heavy atom. The van der Waals surface area contributed by atoms with Crippen LogP contribution in [-0.4, -0.2) is 42.6 Å². The highest BCUT2D eigenvalue weighted by Crippen LogP contribution is 2.26. The first-order valence-corrected chi connectivity index (χ1v) is 7.49. The summed E-state index contributed by atoms with van der Waals surface area (Å²) in [5.41, 5.74) is 0. The first-order chi connectivity index (χ1) is 8.69. The van der Waals surface area contributed by atoms with Gasteiger partial charge in [0.25, 0.3) is 0 Å². The van der Waals surface area contributed by atoms with E-state index in [9.17, 15) is 4.91 Å². The van der Waals surface area contributed by atoms with E-state index in [-0.39, 0.29) is 0 Å². The van der Waals surface area contributed by atoms with E-state index in [0.29, 0.717) is 0 Å². The predicted octanol–water partition coefficient (Wildman–Crippen LogP) is 2.75. The maximum Gasteiger partial charge on any atom is 0.0523 e. The molecule has 2 aliphatic rings. The Morgan fingerprint density at radius 3 is 2.17 bits per heavy atom. The monoisotopic (exact) mass is 253 g/mol. The molecule has 0 aromatic heterocycles. The molecule has 18 heavy (non-hydrogen) atoms. The molecule has 2 saturated heterocycles. The zero-order chi connectivity index (χ0) is 13.0. The Morgan fingerprint density at radius 1 is 1.06 bits per heavy atom. The van der Waals surface area contributed by atoms with Crippen LogP contribution in [0.4, 0.5) is 0 Å². The topological polar surface area (TPSA) is 35.9 Å². The molecule has 104 valence electrons. The largest absolute Gasteiger partial charge is 0.303 e. The van der Waals surface area contributed by atoms with Crippen molar-refractivity contribution in [1.29, 1.82) is 0 Å². The summed E-state index contributed by atoms with van der Waals surface area (Å²) in [4.78, 5) is 13.1. The lowest BCUT2D eigenvalue weighted by Crippen LogP contribution is -2.41. The van der Waals surface area contributed by atoms with Crippen LogP contribution in [0.1, 0.15) is 39.5 Å². The molecule has 0 N–H and O–H groups in total. The van der Waals surface area contributed by atoms with Gasteiger partial charge in [-0.25, -0.2) is 0 Å². The molecule has 0 bridgehead atoms. The summed E-state index contributed by atoms with van der Waals surface area (Å²) >= 11 is 0. The highest BCUT2D eigenvalue weighted by molar-refractivity contribution is 4.78. The van der Waals surface area contributed by atoms with Crippen LogP contribution in [0.25, 0.3) is 0 Å². The minimum atomic E-state index is 0.776. The van der Waals surface area contributed by atoms with Gasteiger partial charge in [0.05, 0.1) is 5.29 Å². The van der Waals surface area contributed by atoms with Gasteiger partial charge in [0.15, 0.2) is 0 Å². The van der Waals surface area contributed by atoms with Crippen molar-refractivity contribution in [3.05, 3.63) is 4.91 Å². The van der Waals surface area contributed by atoms with Crippen molar-refractivity contribution in [2.75, 3.05) is 32.7 Å². The Hall–Kier alpha value is -0.640. The van der Waals surface area contributed by atoms with E-state index >= 15 is 0 Å². The number of nitrogens with zero attached hydrogens (tertiary/aromatic N) is 3. The van der Waals surface area contributed by atoms with Crippen molar-refractivity contribution in [3.63, 3.8) is 0 Å². The smallest absolute Gasteiger partial charge is 0.0523 e. The standard InChI is InChI=1S/C14H27N3O/c1-12(2)14-5-7-16(8-6-14)11-13-3-9-17(15-18)10-4-13/h12-14H,3-11H2,1-2H3. The maximum atomic E-state index is 10.4. The molecule has 0 aromatic carbocycles. The summed E-state index contributed by atoms with van der Waals surface area (Å²) in [6.45, 7) is 10.2.